The molecule has 0 saturated carbocycles. The number of nitrogens with zero attached hydrogens (tertiary/aromatic N) is 5. The van der Waals surface area contributed by atoms with E-state index in [0.29, 0.717) is 5.69 Å². The second-order valence-electron chi connectivity index (χ2n) is 5.72. The van der Waals surface area contributed by atoms with Crippen LogP contribution in [0, 0.1) is 0 Å². The summed E-state index contributed by atoms with van der Waals surface area (Å²) in [7, 11) is 0. The van der Waals surface area contributed by atoms with Gasteiger partial charge in [-0.3, -0.25) is 4.40 Å². The highest BCUT2D eigenvalue weighted by Crippen LogP contribution is 2.29. The van der Waals surface area contributed by atoms with Crippen molar-refractivity contribution in [2.75, 3.05) is 18.0 Å². The minimum Gasteiger partial charge on any atom is -0.357 e. The lowest BCUT2D eigenvalue weighted by molar-refractivity contribution is -0.141. The Morgan fingerprint density at radius 2 is 1.75 bits per heavy atom. The number of alkyl halides is 3. The minimum atomic E-state index is -4.48. The third-order valence-corrected chi connectivity index (χ3v) is 4.14. The highest BCUT2D eigenvalue weighted by Gasteiger charge is 2.33. The van der Waals surface area contributed by atoms with Gasteiger partial charge in [0.05, 0.1) is 11.9 Å². The molecule has 0 radical (unpaired) electrons. The van der Waals surface area contributed by atoms with Gasteiger partial charge in [0, 0.05) is 31.0 Å². The van der Waals surface area contributed by atoms with Crippen molar-refractivity contribution < 1.29 is 13.2 Å². The van der Waals surface area contributed by atoms with E-state index in [4.69, 9.17) is 0 Å². The molecule has 1 saturated heterocycles. The summed E-state index contributed by atoms with van der Waals surface area (Å²) in [6.45, 7) is 2.01. The van der Waals surface area contributed by atoms with Crippen molar-refractivity contribution in [3.8, 4) is 11.3 Å². The summed E-state index contributed by atoms with van der Waals surface area (Å²) in [5.74, 6) is 0.936. The fourth-order valence-electron chi connectivity index (χ4n) is 2.91. The normalized spacial score (nSPS) is 15.4. The van der Waals surface area contributed by atoms with E-state index in [1.165, 1.54) is 29.6 Å². The fraction of sp³-hybridized carbons (Fsp3) is 0.312. The summed E-state index contributed by atoms with van der Waals surface area (Å²) in [5, 5.41) is 0. The van der Waals surface area contributed by atoms with Crippen LogP contribution in [0.1, 0.15) is 18.5 Å². The van der Waals surface area contributed by atoms with Crippen molar-refractivity contribution in [2.24, 2.45) is 0 Å². The van der Waals surface area contributed by atoms with Gasteiger partial charge in [0.25, 0.3) is 0 Å². The molecule has 4 rings (SSSR count). The van der Waals surface area contributed by atoms with Gasteiger partial charge >= 0.3 is 6.18 Å². The Morgan fingerprint density at radius 3 is 2.42 bits per heavy atom. The lowest BCUT2D eigenvalue weighted by Crippen LogP contribution is -2.18. The molecule has 0 atom stereocenters. The van der Waals surface area contributed by atoms with Crippen molar-refractivity contribution in [1.29, 1.82) is 0 Å². The van der Waals surface area contributed by atoms with Crippen molar-refractivity contribution in [3.63, 3.8) is 0 Å². The lowest BCUT2D eigenvalue weighted by Gasteiger charge is -2.16. The molecule has 0 aliphatic carbocycles. The van der Waals surface area contributed by atoms with E-state index in [1.807, 2.05) is 12.1 Å². The molecule has 0 bridgehead atoms. The molecule has 0 spiro atoms. The Bertz CT molecular complexity index is 864. The predicted octanol–water partition coefficient (Wildman–Crippen LogP) is 3.41. The zero-order valence-electron chi connectivity index (χ0n) is 12.7. The third kappa shape index (κ3) is 2.57. The molecule has 0 N–H and O–H groups in total. The van der Waals surface area contributed by atoms with E-state index < -0.39 is 11.9 Å². The van der Waals surface area contributed by atoms with Crippen LogP contribution in [-0.4, -0.2) is 32.4 Å². The maximum Gasteiger partial charge on any atom is 0.433 e. The first-order valence-electron chi connectivity index (χ1n) is 7.65. The smallest absolute Gasteiger partial charge is 0.357 e. The van der Waals surface area contributed by atoms with Gasteiger partial charge in [-0.25, -0.2) is 15.0 Å². The van der Waals surface area contributed by atoms with Crippen LogP contribution in [0.2, 0.25) is 0 Å². The van der Waals surface area contributed by atoms with Gasteiger partial charge < -0.3 is 4.90 Å². The van der Waals surface area contributed by atoms with E-state index in [9.17, 15) is 13.2 Å². The highest BCUT2D eigenvalue weighted by molar-refractivity contribution is 5.63. The van der Waals surface area contributed by atoms with Gasteiger partial charge in [0.2, 0.25) is 5.78 Å². The molecule has 3 aromatic heterocycles. The maximum absolute atomic E-state index is 12.7. The van der Waals surface area contributed by atoms with Crippen molar-refractivity contribution in [1.82, 2.24) is 19.4 Å². The van der Waals surface area contributed by atoms with E-state index in [2.05, 4.69) is 19.9 Å². The molecule has 4 heterocycles. The van der Waals surface area contributed by atoms with Crippen LogP contribution in [-0.2, 0) is 6.18 Å². The number of hydrogen-bond acceptors (Lipinski definition) is 4. The van der Waals surface area contributed by atoms with Crippen molar-refractivity contribution in [2.45, 2.75) is 19.0 Å². The Kier molecular flexibility index (Phi) is 3.40. The van der Waals surface area contributed by atoms with E-state index >= 15 is 0 Å². The van der Waals surface area contributed by atoms with Gasteiger partial charge in [-0.05, 0) is 31.0 Å². The Balaban J connectivity index is 1.68. The second-order valence-corrected chi connectivity index (χ2v) is 5.72. The van der Waals surface area contributed by atoms with Crippen LogP contribution in [0.4, 0.5) is 19.0 Å². The first-order chi connectivity index (χ1) is 11.5. The predicted molar refractivity (Wildman–Crippen MR) is 82.7 cm³/mol. The summed E-state index contributed by atoms with van der Waals surface area (Å²) < 4.78 is 39.7. The molecule has 1 aliphatic rings. The molecule has 3 aromatic rings. The molecular formula is C16H14F3N5. The average Bonchev–Trinajstić information content (AvgIpc) is 3.23. The first kappa shape index (κ1) is 14.9. The van der Waals surface area contributed by atoms with Gasteiger partial charge in [-0.2, -0.15) is 13.2 Å². The van der Waals surface area contributed by atoms with Crippen molar-refractivity contribution >= 4 is 11.6 Å². The molecule has 5 nitrogen and oxygen atoms in total. The molecule has 1 aliphatic heterocycles. The monoisotopic (exact) mass is 333 g/mol. The quantitative estimate of drug-likeness (QED) is 0.721. The molecule has 8 heteroatoms. The van der Waals surface area contributed by atoms with Crippen LogP contribution in [0.3, 0.4) is 0 Å². The Hall–Kier alpha value is -2.64. The van der Waals surface area contributed by atoms with Crippen molar-refractivity contribution in [3.05, 3.63) is 42.5 Å². The summed E-state index contributed by atoms with van der Waals surface area (Å²) in [5.41, 5.74) is 0.494. The zero-order chi connectivity index (χ0) is 16.7. The van der Waals surface area contributed by atoms with Crippen LogP contribution in [0.5, 0.6) is 0 Å². The number of hydrogen-bond donors (Lipinski definition) is 0. The number of halogens is 3. The number of anilines is 1. The standard InChI is InChI=1S/C16H14F3N5/c17-16(18,19)13-5-8-24-12(10-21-15(24)22-13)11-3-4-14(20-9-11)23-6-1-2-7-23/h3-5,8-10H,1-2,6-7H2. The van der Waals surface area contributed by atoms with Crippen LogP contribution < -0.4 is 4.90 Å². The molecule has 0 unspecified atom stereocenters. The average molecular weight is 333 g/mol. The molecular weight excluding hydrogens is 319 g/mol. The van der Waals surface area contributed by atoms with Gasteiger partial charge in [0.15, 0.2) is 0 Å². The SMILES string of the molecule is FC(F)(F)c1ccn2c(-c3ccc(N4CCCC4)nc3)cnc2n1. The largest absolute Gasteiger partial charge is 0.433 e. The molecule has 24 heavy (non-hydrogen) atoms. The van der Waals surface area contributed by atoms with E-state index in [-0.39, 0.29) is 5.78 Å². The molecule has 1 fully saturated rings. The summed E-state index contributed by atoms with van der Waals surface area (Å²) in [4.78, 5) is 14.2. The summed E-state index contributed by atoms with van der Waals surface area (Å²) >= 11 is 0. The first-order valence-corrected chi connectivity index (χ1v) is 7.65. The van der Waals surface area contributed by atoms with Crippen LogP contribution in [0.25, 0.3) is 17.0 Å². The van der Waals surface area contributed by atoms with E-state index in [0.717, 1.165) is 30.5 Å². The number of aromatic nitrogens is 4. The highest BCUT2D eigenvalue weighted by atomic mass is 19.4. The second kappa shape index (κ2) is 5.47. The number of fused-ring (bicyclic) bond motifs is 1. The number of pyridine rings is 1. The number of imidazole rings is 1. The number of rotatable bonds is 2. The third-order valence-electron chi connectivity index (χ3n) is 4.14. The maximum atomic E-state index is 12.7. The van der Waals surface area contributed by atoms with Gasteiger partial charge in [0.1, 0.15) is 11.5 Å². The van der Waals surface area contributed by atoms with E-state index in [1.54, 1.807) is 6.20 Å². The summed E-state index contributed by atoms with van der Waals surface area (Å²) in [6.07, 6.45) is 2.42. The lowest BCUT2D eigenvalue weighted by atomic mass is 10.2. The van der Waals surface area contributed by atoms with Crippen LogP contribution in [0.15, 0.2) is 36.8 Å². The van der Waals surface area contributed by atoms with Crippen LogP contribution >= 0.6 is 0 Å². The zero-order valence-corrected chi connectivity index (χ0v) is 12.7. The van der Waals surface area contributed by atoms with Gasteiger partial charge in [-0.15, -0.1) is 0 Å². The summed E-state index contributed by atoms with van der Waals surface area (Å²) in [6, 6.07) is 4.78. The minimum absolute atomic E-state index is 0.0171. The van der Waals surface area contributed by atoms with Gasteiger partial charge in [-0.1, -0.05) is 0 Å². The molecule has 124 valence electrons. The molecule has 0 aromatic carbocycles. The molecule has 0 amide bonds. The Labute approximate surface area is 135 Å². The topological polar surface area (TPSA) is 46.3 Å². The Morgan fingerprint density at radius 1 is 0.958 bits per heavy atom. The fourth-order valence-corrected chi connectivity index (χ4v) is 2.91.